The molecular weight excluding hydrogens is 216 g/mol. The van der Waals surface area contributed by atoms with Gasteiger partial charge in [-0.05, 0) is 43.0 Å². The average molecular weight is 232 g/mol. The van der Waals surface area contributed by atoms with Crippen LogP contribution in [0.15, 0.2) is 35.8 Å². The number of thiophene rings is 1. The number of nitrogens with zero attached hydrogens (tertiary/aromatic N) is 1. The molecule has 3 heteroatoms. The molecule has 84 valence electrons. The smallest absolute Gasteiger partial charge is 0.0570 e. The normalized spacial score (nSPS) is 12.6. The van der Waals surface area contributed by atoms with Crippen molar-refractivity contribution in [3.05, 3.63) is 52.0 Å². The Morgan fingerprint density at radius 2 is 2.25 bits per heavy atom. The van der Waals surface area contributed by atoms with Crippen LogP contribution < -0.4 is 5.32 Å². The number of pyridine rings is 1. The summed E-state index contributed by atoms with van der Waals surface area (Å²) in [6.07, 6.45) is 1.84. The van der Waals surface area contributed by atoms with E-state index < -0.39 is 0 Å². The molecule has 0 aromatic carbocycles. The molecule has 0 aliphatic heterocycles. The van der Waals surface area contributed by atoms with Crippen molar-refractivity contribution in [1.29, 1.82) is 0 Å². The van der Waals surface area contributed by atoms with Crippen molar-refractivity contribution in [3.8, 4) is 0 Å². The zero-order valence-electron chi connectivity index (χ0n) is 9.60. The van der Waals surface area contributed by atoms with E-state index in [0.717, 1.165) is 12.2 Å². The Balaban J connectivity index is 1.94. The van der Waals surface area contributed by atoms with Crippen LogP contribution in [0.3, 0.4) is 0 Å². The van der Waals surface area contributed by atoms with Crippen LogP contribution in [0, 0.1) is 6.92 Å². The Morgan fingerprint density at radius 1 is 1.38 bits per heavy atom. The molecule has 2 aromatic rings. The lowest BCUT2D eigenvalue weighted by molar-refractivity contribution is 0.564. The molecule has 0 spiro atoms. The number of nitrogens with one attached hydrogen (secondary N) is 1. The topological polar surface area (TPSA) is 24.9 Å². The molecule has 0 radical (unpaired) electrons. The van der Waals surface area contributed by atoms with Gasteiger partial charge >= 0.3 is 0 Å². The molecule has 1 atom stereocenters. The average Bonchev–Trinajstić information content (AvgIpc) is 2.73. The molecule has 0 amide bonds. The number of hydrogen-bond acceptors (Lipinski definition) is 3. The van der Waals surface area contributed by atoms with Gasteiger partial charge in [0, 0.05) is 23.7 Å². The molecule has 2 rings (SSSR count). The van der Waals surface area contributed by atoms with Gasteiger partial charge in [-0.25, -0.2) is 0 Å². The first-order valence-corrected chi connectivity index (χ1v) is 6.32. The van der Waals surface area contributed by atoms with Crippen molar-refractivity contribution >= 4 is 11.3 Å². The summed E-state index contributed by atoms with van der Waals surface area (Å²) in [6.45, 7) is 5.21. The summed E-state index contributed by atoms with van der Waals surface area (Å²) in [5.74, 6) is 0. The predicted molar refractivity (Wildman–Crippen MR) is 68.5 cm³/mol. The largest absolute Gasteiger partial charge is 0.304 e. The van der Waals surface area contributed by atoms with Crippen molar-refractivity contribution in [3.63, 3.8) is 0 Å². The molecule has 2 heterocycles. The highest BCUT2D eigenvalue weighted by molar-refractivity contribution is 7.10. The number of hydrogen-bond donors (Lipinski definition) is 1. The lowest BCUT2D eigenvalue weighted by Crippen LogP contribution is -2.18. The second-order valence-corrected chi connectivity index (χ2v) is 4.88. The van der Waals surface area contributed by atoms with Crippen molar-refractivity contribution in [1.82, 2.24) is 10.3 Å². The molecule has 2 aromatic heterocycles. The third kappa shape index (κ3) is 2.68. The van der Waals surface area contributed by atoms with E-state index in [-0.39, 0.29) is 0 Å². The van der Waals surface area contributed by atoms with Crippen LogP contribution >= 0.6 is 11.3 Å². The maximum atomic E-state index is 4.34. The molecule has 0 bridgehead atoms. The van der Waals surface area contributed by atoms with Gasteiger partial charge in [0.2, 0.25) is 0 Å². The summed E-state index contributed by atoms with van der Waals surface area (Å²) in [4.78, 5) is 5.75. The fourth-order valence-electron chi connectivity index (χ4n) is 1.57. The molecule has 1 N–H and O–H groups in total. The molecule has 16 heavy (non-hydrogen) atoms. The van der Waals surface area contributed by atoms with Gasteiger partial charge in [-0.3, -0.25) is 4.98 Å². The third-order valence-corrected chi connectivity index (χ3v) is 3.69. The van der Waals surface area contributed by atoms with Crippen LogP contribution in [-0.2, 0) is 6.54 Å². The van der Waals surface area contributed by atoms with Crippen LogP contribution in [0.5, 0.6) is 0 Å². The van der Waals surface area contributed by atoms with Crippen LogP contribution in [0.25, 0.3) is 0 Å². The van der Waals surface area contributed by atoms with E-state index in [1.165, 1.54) is 10.4 Å². The molecular formula is C13H16N2S. The molecule has 0 aliphatic carbocycles. The number of rotatable bonds is 4. The van der Waals surface area contributed by atoms with Gasteiger partial charge in [0.05, 0.1) is 5.69 Å². The Kier molecular flexibility index (Phi) is 3.70. The minimum absolute atomic E-state index is 0.294. The first-order valence-electron chi connectivity index (χ1n) is 5.44. The van der Waals surface area contributed by atoms with Crippen LogP contribution in [0.1, 0.15) is 29.1 Å². The molecule has 0 unspecified atom stereocenters. The van der Waals surface area contributed by atoms with Crippen molar-refractivity contribution in [2.75, 3.05) is 0 Å². The summed E-state index contributed by atoms with van der Waals surface area (Å²) in [5.41, 5.74) is 2.46. The monoisotopic (exact) mass is 232 g/mol. The molecule has 0 fully saturated rings. The van der Waals surface area contributed by atoms with Crippen molar-refractivity contribution < 1.29 is 0 Å². The Bertz CT molecular complexity index is 436. The zero-order valence-corrected chi connectivity index (χ0v) is 10.4. The number of aromatic nitrogens is 1. The summed E-state index contributed by atoms with van der Waals surface area (Å²) in [5, 5.41) is 5.63. The molecule has 0 aliphatic rings. The second-order valence-electron chi connectivity index (χ2n) is 3.88. The van der Waals surface area contributed by atoms with E-state index in [1.54, 1.807) is 11.3 Å². The summed E-state index contributed by atoms with van der Waals surface area (Å²) in [6, 6.07) is 8.48. The van der Waals surface area contributed by atoms with E-state index >= 15 is 0 Å². The van der Waals surface area contributed by atoms with Crippen LogP contribution in [0.2, 0.25) is 0 Å². The Hall–Kier alpha value is -1.19. The quantitative estimate of drug-likeness (QED) is 0.875. The maximum Gasteiger partial charge on any atom is 0.0570 e. The van der Waals surface area contributed by atoms with Gasteiger partial charge in [0.1, 0.15) is 0 Å². The van der Waals surface area contributed by atoms with Gasteiger partial charge in [0.15, 0.2) is 0 Å². The standard InChI is InChI=1S/C13H16N2S/c1-10-6-8-16-13(10)9-15-11(2)12-5-3-4-7-14-12/h3-8,11,15H,9H2,1-2H3/t11-/m1/s1. The van der Waals surface area contributed by atoms with E-state index in [9.17, 15) is 0 Å². The molecule has 2 nitrogen and oxygen atoms in total. The van der Waals surface area contributed by atoms with Crippen molar-refractivity contribution in [2.24, 2.45) is 0 Å². The fraction of sp³-hybridized carbons (Fsp3) is 0.308. The van der Waals surface area contributed by atoms with E-state index in [1.807, 2.05) is 18.3 Å². The van der Waals surface area contributed by atoms with Gasteiger partial charge in [-0.15, -0.1) is 11.3 Å². The Labute approximate surface area is 100 Å². The maximum absolute atomic E-state index is 4.34. The summed E-state index contributed by atoms with van der Waals surface area (Å²) < 4.78 is 0. The van der Waals surface area contributed by atoms with Gasteiger partial charge in [-0.2, -0.15) is 0 Å². The first-order chi connectivity index (χ1) is 7.77. The second kappa shape index (κ2) is 5.23. The predicted octanol–water partition coefficient (Wildman–Crippen LogP) is 3.30. The van der Waals surface area contributed by atoms with Crippen LogP contribution in [0.4, 0.5) is 0 Å². The first kappa shape index (κ1) is 11.3. The van der Waals surface area contributed by atoms with Crippen LogP contribution in [-0.4, -0.2) is 4.98 Å². The van der Waals surface area contributed by atoms with E-state index in [4.69, 9.17) is 0 Å². The highest BCUT2D eigenvalue weighted by Crippen LogP contribution is 2.17. The SMILES string of the molecule is Cc1ccsc1CN[C@H](C)c1ccccn1. The fourth-order valence-corrected chi connectivity index (χ4v) is 2.42. The van der Waals surface area contributed by atoms with Gasteiger partial charge in [-0.1, -0.05) is 6.07 Å². The number of aryl methyl sites for hydroxylation is 1. The highest BCUT2D eigenvalue weighted by atomic mass is 32.1. The Morgan fingerprint density at radius 3 is 2.88 bits per heavy atom. The van der Waals surface area contributed by atoms with Gasteiger partial charge in [0.25, 0.3) is 0 Å². The highest BCUT2D eigenvalue weighted by Gasteiger charge is 2.06. The molecule has 0 saturated carbocycles. The van der Waals surface area contributed by atoms with E-state index in [2.05, 4.69) is 41.7 Å². The third-order valence-electron chi connectivity index (χ3n) is 2.67. The lowest BCUT2D eigenvalue weighted by atomic mass is 10.2. The minimum Gasteiger partial charge on any atom is -0.304 e. The van der Waals surface area contributed by atoms with Gasteiger partial charge < -0.3 is 5.32 Å². The molecule has 0 saturated heterocycles. The lowest BCUT2D eigenvalue weighted by Gasteiger charge is -2.12. The van der Waals surface area contributed by atoms with E-state index in [0.29, 0.717) is 6.04 Å². The van der Waals surface area contributed by atoms with Crippen molar-refractivity contribution in [2.45, 2.75) is 26.4 Å². The summed E-state index contributed by atoms with van der Waals surface area (Å²) >= 11 is 1.80. The summed E-state index contributed by atoms with van der Waals surface area (Å²) in [7, 11) is 0. The zero-order chi connectivity index (χ0) is 11.4. The minimum atomic E-state index is 0.294.